The Bertz CT molecular complexity index is 998. The molecule has 2 atom stereocenters. The van der Waals surface area contributed by atoms with Gasteiger partial charge in [-0.25, -0.2) is 0 Å². The van der Waals surface area contributed by atoms with Crippen LogP contribution in [0.1, 0.15) is 56.5 Å². The average molecular weight is 399 g/mol. The fourth-order valence-electron chi connectivity index (χ4n) is 4.47. The number of hydrogen-bond acceptors (Lipinski definition) is 4. The summed E-state index contributed by atoms with van der Waals surface area (Å²) in [5, 5.41) is 12.1. The van der Waals surface area contributed by atoms with E-state index in [1.54, 1.807) is 48.5 Å². The predicted octanol–water partition coefficient (Wildman–Crippen LogP) is 5.06. The van der Waals surface area contributed by atoms with Gasteiger partial charge in [-0.1, -0.05) is 84.9 Å². The molecule has 0 unspecified atom stereocenters. The minimum absolute atomic E-state index is 0.0443. The minimum Gasteiger partial charge on any atom is -0.294 e. The van der Waals surface area contributed by atoms with Crippen molar-refractivity contribution in [2.24, 2.45) is 0 Å². The van der Waals surface area contributed by atoms with E-state index in [0.29, 0.717) is 11.1 Å². The lowest BCUT2D eigenvalue weighted by atomic mass is 9.86. The maximum Gasteiger partial charge on any atom is 0.227 e. The fourth-order valence-corrected chi connectivity index (χ4v) is 4.47. The molecule has 0 radical (unpaired) electrons. The number of nitro groups is 1. The molecule has 0 N–H and O–H groups in total. The second kappa shape index (κ2) is 8.41. The Hall–Kier alpha value is -3.60. The Morgan fingerprint density at radius 2 is 1.03 bits per heavy atom. The molecule has 3 aromatic carbocycles. The van der Waals surface area contributed by atoms with Crippen LogP contribution in [0.25, 0.3) is 0 Å². The molecule has 0 amide bonds. The summed E-state index contributed by atoms with van der Waals surface area (Å²) >= 11 is 0. The van der Waals surface area contributed by atoms with Crippen molar-refractivity contribution >= 4 is 11.6 Å². The van der Waals surface area contributed by atoms with E-state index in [4.69, 9.17) is 0 Å². The molecule has 0 saturated carbocycles. The van der Waals surface area contributed by atoms with E-state index in [-0.39, 0.29) is 29.3 Å². The number of ketones is 2. The smallest absolute Gasteiger partial charge is 0.227 e. The number of hydrogen-bond donors (Lipinski definition) is 0. The largest absolute Gasteiger partial charge is 0.294 e. The summed E-state index contributed by atoms with van der Waals surface area (Å²) in [6.45, 7) is 0. The van der Waals surface area contributed by atoms with Crippen LogP contribution in [-0.4, -0.2) is 22.5 Å². The number of Topliss-reactive ketones (excluding diaryl/α,β-unsaturated/α-hetero) is 2. The number of nitrogens with zero attached hydrogens (tertiary/aromatic N) is 1. The van der Waals surface area contributed by atoms with Crippen molar-refractivity contribution in [1.29, 1.82) is 0 Å². The van der Waals surface area contributed by atoms with Gasteiger partial charge in [0.25, 0.3) is 0 Å². The number of rotatable bonds is 7. The van der Waals surface area contributed by atoms with Gasteiger partial charge in [0.15, 0.2) is 11.6 Å². The molecule has 0 bridgehead atoms. The molecular weight excluding hydrogens is 378 g/mol. The summed E-state index contributed by atoms with van der Waals surface area (Å²) < 4.78 is 0. The maximum atomic E-state index is 12.8. The third-order valence-corrected chi connectivity index (χ3v) is 5.87. The predicted molar refractivity (Wildman–Crippen MR) is 113 cm³/mol. The van der Waals surface area contributed by atoms with Gasteiger partial charge in [0, 0.05) is 28.9 Å². The van der Waals surface area contributed by atoms with Crippen molar-refractivity contribution in [3.8, 4) is 0 Å². The summed E-state index contributed by atoms with van der Waals surface area (Å²) in [5.74, 6) is -1.37. The van der Waals surface area contributed by atoms with Gasteiger partial charge in [-0.3, -0.25) is 19.7 Å². The van der Waals surface area contributed by atoms with Crippen molar-refractivity contribution in [3.05, 3.63) is 117 Å². The van der Waals surface area contributed by atoms with Gasteiger partial charge in [0.2, 0.25) is 6.04 Å². The van der Waals surface area contributed by atoms with E-state index in [1.807, 2.05) is 36.4 Å². The molecule has 0 saturated heterocycles. The van der Waals surface area contributed by atoms with Crippen LogP contribution in [-0.2, 0) is 0 Å². The quantitative estimate of drug-likeness (QED) is 0.316. The number of carbonyl (C=O) groups is 2. The Labute approximate surface area is 174 Å². The van der Waals surface area contributed by atoms with Crippen LogP contribution < -0.4 is 0 Å². The highest BCUT2D eigenvalue weighted by atomic mass is 16.6. The summed E-state index contributed by atoms with van der Waals surface area (Å²) in [5.41, 5.74) is 2.69. The zero-order chi connectivity index (χ0) is 21.1. The summed E-state index contributed by atoms with van der Waals surface area (Å²) in [6.07, 6.45) is 0.0887. The van der Waals surface area contributed by atoms with Crippen LogP contribution in [0.3, 0.4) is 0 Å². The second-order valence-corrected chi connectivity index (χ2v) is 7.60. The van der Waals surface area contributed by atoms with Crippen LogP contribution >= 0.6 is 0 Å². The van der Waals surface area contributed by atoms with Crippen molar-refractivity contribution in [2.75, 3.05) is 0 Å². The number of fused-ring (bicyclic) bond motifs is 1. The van der Waals surface area contributed by atoms with Crippen LogP contribution in [0.5, 0.6) is 0 Å². The van der Waals surface area contributed by atoms with Crippen molar-refractivity contribution in [2.45, 2.75) is 30.7 Å². The highest BCUT2D eigenvalue weighted by molar-refractivity contribution is 5.97. The zero-order valence-corrected chi connectivity index (χ0v) is 16.3. The molecule has 5 heteroatoms. The van der Waals surface area contributed by atoms with Gasteiger partial charge in [-0.2, -0.15) is 0 Å². The van der Waals surface area contributed by atoms with Gasteiger partial charge >= 0.3 is 0 Å². The molecule has 0 aromatic heterocycles. The van der Waals surface area contributed by atoms with E-state index in [1.165, 1.54) is 0 Å². The third kappa shape index (κ3) is 3.79. The zero-order valence-electron chi connectivity index (χ0n) is 16.3. The lowest BCUT2D eigenvalue weighted by Gasteiger charge is -2.18. The molecule has 150 valence electrons. The summed E-state index contributed by atoms with van der Waals surface area (Å²) in [6, 6.07) is 24.0. The lowest BCUT2D eigenvalue weighted by molar-refractivity contribution is -0.528. The van der Waals surface area contributed by atoms with Gasteiger partial charge in [0.05, 0.1) is 11.8 Å². The highest BCUT2D eigenvalue weighted by Crippen LogP contribution is 2.47. The first-order valence-electron chi connectivity index (χ1n) is 9.95. The van der Waals surface area contributed by atoms with E-state index in [2.05, 4.69) is 0 Å². The lowest BCUT2D eigenvalue weighted by Crippen LogP contribution is -2.30. The van der Waals surface area contributed by atoms with Crippen molar-refractivity contribution in [3.63, 3.8) is 0 Å². The van der Waals surface area contributed by atoms with Crippen LogP contribution in [0, 0.1) is 10.1 Å². The molecule has 5 nitrogen and oxygen atoms in total. The second-order valence-electron chi connectivity index (χ2n) is 7.60. The Morgan fingerprint density at radius 3 is 1.40 bits per heavy atom. The molecule has 0 heterocycles. The molecule has 0 fully saturated rings. The molecule has 4 rings (SSSR count). The maximum absolute atomic E-state index is 12.8. The number of benzene rings is 3. The first kappa shape index (κ1) is 19.7. The molecular formula is C25H21NO4. The number of carbonyl (C=O) groups excluding carboxylic acids is 2. The SMILES string of the molecule is O=C(C[C@H]1c2ccccc2[C@H](CC(=O)c2ccccc2)C1[N+](=O)[O-])c1ccccc1. The molecule has 0 spiro atoms. The van der Waals surface area contributed by atoms with Crippen LogP contribution in [0.4, 0.5) is 0 Å². The molecule has 3 aromatic rings. The minimum atomic E-state index is -1.01. The van der Waals surface area contributed by atoms with Gasteiger partial charge in [0.1, 0.15) is 0 Å². The molecule has 1 aliphatic rings. The van der Waals surface area contributed by atoms with Gasteiger partial charge < -0.3 is 0 Å². The van der Waals surface area contributed by atoms with Crippen LogP contribution in [0.2, 0.25) is 0 Å². The third-order valence-electron chi connectivity index (χ3n) is 5.87. The van der Waals surface area contributed by atoms with Crippen molar-refractivity contribution in [1.82, 2.24) is 0 Å². The summed E-state index contributed by atoms with van der Waals surface area (Å²) in [4.78, 5) is 37.5. The van der Waals surface area contributed by atoms with E-state index < -0.39 is 17.9 Å². The Kier molecular flexibility index (Phi) is 5.53. The normalized spacial score (nSPS) is 18.0. The first-order chi connectivity index (χ1) is 14.6. The van der Waals surface area contributed by atoms with E-state index in [9.17, 15) is 19.7 Å². The molecule has 0 aliphatic heterocycles. The average Bonchev–Trinajstić information content (AvgIpc) is 3.08. The molecule has 30 heavy (non-hydrogen) atoms. The fraction of sp³-hybridized carbons (Fsp3) is 0.200. The van der Waals surface area contributed by atoms with Gasteiger partial charge in [-0.15, -0.1) is 0 Å². The summed E-state index contributed by atoms with van der Waals surface area (Å²) in [7, 11) is 0. The van der Waals surface area contributed by atoms with Crippen molar-refractivity contribution < 1.29 is 14.5 Å². The van der Waals surface area contributed by atoms with E-state index in [0.717, 1.165) is 11.1 Å². The Morgan fingerprint density at radius 1 is 0.667 bits per heavy atom. The highest BCUT2D eigenvalue weighted by Gasteiger charge is 2.49. The monoisotopic (exact) mass is 399 g/mol. The Balaban J connectivity index is 1.67. The topological polar surface area (TPSA) is 77.3 Å². The van der Waals surface area contributed by atoms with Gasteiger partial charge in [-0.05, 0) is 11.1 Å². The standard InChI is InChI=1S/C25H21NO4/c27-23(17-9-3-1-4-10-17)15-21-19-13-7-8-14-20(19)22(25(21)26(29)30)16-24(28)18-11-5-2-6-12-18/h1-14,21-22,25H,15-16H2/t21-,22-/m0/s1. The van der Waals surface area contributed by atoms with Crippen LogP contribution in [0.15, 0.2) is 84.9 Å². The first-order valence-corrected chi connectivity index (χ1v) is 9.95. The van der Waals surface area contributed by atoms with E-state index >= 15 is 0 Å². The molecule has 1 aliphatic carbocycles.